The summed E-state index contributed by atoms with van der Waals surface area (Å²) < 4.78 is 10.1. The number of carbonyl (C=O) groups excluding carboxylic acids is 3. The van der Waals surface area contributed by atoms with Crippen LogP contribution >= 0.6 is 0 Å². The van der Waals surface area contributed by atoms with Crippen LogP contribution in [0.3, 0.4) is 0 Å². The first kappa shape index (κ1) is 25.6. The van der Waals surface area contributed by atoms with E-state index in [-0.39, 0.29) is 5.91 Å². The van der Waals surface area contributed by atoms with E-state index >= 15 is 0 Å². The number of nitrogens with zero attached hydrogens (tertiary/aromatic N) is 1. The number of carbonyl (C=O) groups is 3. The van der Waals surface area contributed by atoms with Crippen LogP contribution in [0, 0.1) is 0 Å². The Morgan fingerprint density at radius 3 is 2.32 bits per heavy atom. The molecule has 1 atom stereocenters. The third kappa shape index (κ3) is 6.22. The zero-order chi connectivity index (χ0) is 26.6. The molecule has 0 spiro atoms. The normalized spacial score (nSPS) is 15.0. The van der Waals surface area contributed by atoms with Gasteiger partial charge in [-0.25, -0.2) is 9.59 Å². The van der Waals surface area contributed by atoms with Gasteiger partial charge in [0.15, 0.2) is 0 Å². The molecule has 2 N–H and O–H groups in total. The molecule has 8 nitrogen and oxygen atoms in total. The van der Waals surface area contributed by atoms with Gasteiger partial charge in [0.1, 0.15) is 11.5 Å². The van der Waals surface area contributed by atoms with Crippen LogP contribution in [0.15, 0.2) is 77.8 Å². The van der Waals surface area contributed by atoms with E-state index in [2.05, 4.69) is 10.6 Å². The minimum Gasteiger partial charge on any atom is -0.465 e. The van der Waals surface area contributed by atoms with Crippen molar-refractivity contribution in [2.45, 2.75) is 38.8 Å². The van der Waals surface area contributed by atoms with E-state index in [0.717, 1.165) is 16.7 Å². The van der Waals surface area contributed by atoms with Gasteiger partial charge < -0.3 is 20.1 Å². The average molecular weight is 500 g/mol. The van der Waals surface area contributed by atoms with Crippen molar-refractivity contribution in [1.82, 2.24) is 5.32 Å². The van der Waals surface area contributed by atoms with Gasteiger partial charge in [0.25, 0.3) is 0 Å². The maximum absolute atomic E-state index is 13.1. The SMILES string of the molecule is COC(=O)c1ccc2c(c1)NC(=O)C2C(=Nc1ccc(CNC(=O)OC(C)(C)C)cc1)c1ccccc1. The summed E-state index contributed by atoms with van der Waals surface area (Å²) in [5.74, 6) is -1.35. The summed E-state index contributed by atoms with van der Waals surface area (Å²) in [6.45, 7) is 5.74. The molecule has 1 unspecified atom stereocenters. The highest BCUT2D eigenvalue weighted by molar-refractivity contribution is 6.24. The molecular weight excluding hydrogens is 470 g/mol. The number of nitrogens with one attached hydrogen (secondary N) is 2. The lowest BCUT2D eigenvalue weighted by molar-refractivity contribution is -0.115. The standard InChI is InChI=1S/C29H29N3O5/c1-29(2,3)37-28(35)30-17-18-10-13-21(14-11-18)31-25(19-8-6-5-7-9-19)24-22-15-12-20(27(34)36-4)16-23(22)32-26(24)33/h5-16,24H,17H2,1-4H3,(H,30,35)(H,32,33). The maximum atomic E-state index is 13.1. The maximum Gasteiger partial charge on any atom is 0.407 e. The number of ether oxygens (including phenoxy) is 2. The predicted octanol–water partition coefficient (Wildman–Crippen LogP) is 5.35. The van der Waals surface area contributed by atoms with Crippen molar-refractivity contribution in [1.29, 1.82) is 0 Å². The summed E-state index contributed by atoms with van der Waals surface area (Å²) in [5.41, 5.74) is 4.02. The number of amides is 2. The molecule has 0 fully saturated rings. The Morgan fingerprint density at radius 1 is 0.973 bits per heavy atom. The van der Waals surface area contributed by atoms with Crippen LogP contribution < -0.4 is 10.6 Å². The third-order valence-electron chi connectivity index (χ3n) is 5.67. The van der Waals surface area contributed by atoms with Gasteiger partial charge in [-0.05, 0) is 61.7 Å². The van der Waals surface area contributed by atoms with Crippen molar-refractivity contribution in [3.05, 3.63) is 95.1 Å². The van der Waals surface area contributed by atoms with Crippen molar-refractivity contribution in [3.63, 3.8) is 0 Å². The Morgan fingerprint density at radius 2 is 1.68 bits per heavy atom. The van der Waals surface area contributed by atoms with Crippen LogP contribution in [0.2, 0.25) is 0 Å². The van der Waals surface area contributed by atoms with Gasteiger partial charge in [-0.2, -0.15) is 0 Å². The summed E-state index contributed by atoms with van der Waals surface area (Å²) >= 11 is 0. The summed E-state index contributed by atoms with van der Waals surface area (Å²) in [6.07, 6.45) is -0.484. The number of benzene rings is 3. The zero-order valence-electron chi connectivity index (χ0n) is 21.2. The van der Waals surface area contributed by atoms with Crippen LogP contribution in [-0.2, 0) is 20.8 Å². The van der Waals surface area contributed by atoms with E-state index in [1.165, 1.54) is 7.11 Å². The van der Waals surface area contributed by atoms with Gasteiger partial charge in [0.2, 0.25) is 5.91 Å². The van der Waals surface area contributed by atoms with Gasteiger partial charge in [-0.15, -0.1) is 0 Å². The van der Waals surface area contributed by atoms with Crippen molar-refractivity contribution >= 4 is 35.1 Å². The Bertz CT molecular complexity index is 1340. The highest BCUT2D eigenvalue weighted by atomic mass is 16.6. The van der Waals surface area contributed by atoms with E-state index in [1.54, 1.807) is 18.2 Å². The molecule has 8 heteroatoms. The van der Waals surface area contributed by atoms with Gasteiger partial charge in [-0.1, -0.05) is 48.5 Å². The van der Waals surface area contributed by atoms with Crippen LogP contribution in [-0.4, -0.2) is 36.4 Å². The molecule has 0 saturated heterocycles. The second-order valence-electron chi connectivity index (χ2n) is 9.60. The second-order valence-corrected chi connectivity index (χ2v) is 9.60. The topological polar surface area (TPSA) is 106 Å². The molecule has 3 aromatic rings. The summed E-state index contributed by atoms with van der Waals surface area (Å²) in [4.78, 5) is 41.9. The number of methoxy groups -OCH3 is 1. The van der Waals surface area contributed by atoms with E-state index in [4.69, 9.17) is 14.5 Å². The molecule has 190 valence electrons. The second kappa shape index (κ2) is 10.7. The van der Waals surface area contributed by atoms with E-state index in [9.17, 15) is 14.4 Å². The lowest BCUT2D eigenvalue weighted by Gasteiger charge is -2.19. The van der Waals surface area contributed by atoms with E-state index in [0.29, 0.717) is 29.2 Å². The molecule has 0 saturated carbocycles. The molecule has 4 rings (SSSR count). The van der Waals surface area contributed by atoms with Crippen molar-refractivity contribution in [3.8, 4) is 0 Å². The highest BCUT2D eigenvalue weighted by Gasteiger charge is 2.36. The molecule has 3 aromatic carbocycles. The number of aliphatic imine (C=N–C) groups is 1. The largest absolute Gasteiger partial charge is 0.465 e. The Balaban J connectivity index is 1.62. The molecule has 0 radical (unpaired) electrons. The fourth-order valence-electron chi connectivity index (χ4n) is 4.00. The summed E-state index contributed by atoms with van der Waals surface area (Å²) in [7, 11) is 1.32. The van der Waals surface area contributed by atoms with Crippen molar-refractivity contribution in [2.24, 2.45) is 4.99 Å². The number of rotatable bonds is 6. The molecule has 1 aliphatic rings. The fourth-order valence-corrected chi connectivity index (χ4v) is 4.00. The molecule has 0 bridgehead atoms. The molecule has 1 heterocycles. The Kier molecular flexibility index (Phi) is 7.38. The quantitative estimate of drug-likeness (QED) is 0.351. The van der Waals surface area contributed by atoms with E-state index < -0.39 is 23.6 Å². The van der Waals surface area contributed by atoms with E-state index in [1.807, 2.05) is 75.4 Å². The fraction of sp³-hybridized carbons (Fsp3) is 0.241. The number of esters is 1. The first-order valence-corrected chi connectivity index (χ1v) is 11.9. The van der Waals surface area contributed by atoms with Gasteiger partial charge in [-0.3, -0.25) is 9.79 Å². The molecule has 37 heavy (non-hydrogen) atoms. The van der Waals surface area contributed by atoms with Gasteiger partial charge in [0, 0.05) is 12.2 Å². The molecule has 2 amide bonds. The first-order valence-electron chi connectivity index (χ1n) is 11.9. The molecule has 0 aromatic heterocycles. The summed E-state index contributed by atoms with van der Waals surface area (Å²) in [6, 6.07) is 21.9. The van der Waals surface area contributed by atoms with Crippen molar-refractivity contribution < 1.29 is 23.9 Å². The van der Waals surface area contributed by atoms with Gasteiger partial charge >= 0.3 is 12.1 Å². The summed E-state index contributed by atoms with van der Waals surface area (Å²) in [5, 5.41) is 5.61. The highest BCUT2D eigenvalue weighted by Crippen LogP contribution is 2.37. The number of alkyl carbamates (subject to hydrolysis) is 1. The molecular formula is C29H29N3O5. The Hall–Kier alpha value is -4.46. The third-order valence-corrected chi connectivity index (χ3v) is 5.67. The van der Waals surface area contributed by atoms with Crippen LogP contribution in [0.4, 0.5) is 16.2 Å². The minimum absolute atomic E-state index is 0.224. The average Bonchev–Trinajstić information content (AvgIpc) is 3.20. The van der Waals surface area contributed by atoms with Gasteiger partial charge in [0.05, 0.1) is 24.1 Å². The molecule has 0 aliphatic carbocycles. The lowest BCUT2D eigenvalue weighted by Crippen LogP contribution is -2.32. The smallest absolute Gasteiger partial charge is 0.407 e. The molecule has 1 aliphatic heterocycles. The van der Waals surface area contributed by atoms with Crippen LogP contribution in [0.25, 0.3) is 0 Å². The predicted molar refractivity (Wildman–Crippen MR) is 141 cm³/mol. The first-order chi connectivity index (χ1) is 17.6. The minimum atomic E-state index is -0.655. The lowest BCUT2D eigenvalue weighted by atomic mass is 9.90. The van der Waals surface area contributed by atoms with Crippen LogP contribution in [0.1, 0.15) is 53.7 Å². The number of hydrogen-bond acceptors (Lipinski definition) is 6. The Labute approximate surface area is 215 Å². The number of hydrogen-bond donors (Lipinski definition) is 2. The monoisotopic (exact) mass is 499 g/mol. The number of anilines is 1. The number of fused-ring (bicyclic) bond motifs is 1. The van der Waals surface area contributed by atoms with Crippen LogP contribution in [0.5, 0.6) is 0 Å². The zero-order valence-corrected chi connectivity index (χ0v) is 21.2. The van der Waals surface area contributed by atoms with Crippen molar-refractivity contribution in [2.75, 3.05) is 12.4 Å².